The third-order valence-electron chi connectivity index (χ3n) is 4.68. The Labute approximate surface area is 145 Å². The zero-order valence-electron chi connectivity index (χ0n) is 14.0. The highest BCUT2D eigenvalue weighted by atomic mass is 16.4. The number of fused-ring (bicyclic) bond motifs is 1. The molecule has 2 atom stereocenters. The Balaban J connectivity index is 1.71. The van der Waals surface area contributed by atoms with E-state index in [0.29, 0.717) is 13.1 Å². The number of aromatic amines is 1. The number of benzene rings is 1. The van der Waals surface area contributed by atoms with Crippen LogP contribution in [0.25, 0.3) is 10.9 Å². The monoisotopic (exact) mass is 343 g/mol. The number of H-pyrrole nitrogens is 1. The fourth-order valence-electron chi connectivity index (χ4n) is 3.26. The van der Waals surface area contributed by atoms with Gasteiger partial charge in [0.15, 0.2) is 0 Å². The van der Waals surface area contributed by atoms with Crippen molar-refractivity contribution >= 4 is 28.7 Å². The lowest BCUT2D eigenvalue weighted by Crippen LogP contribution is -2.45. The van der Waals surface area contributed by atoms with Crippen LogP contribution in [0, 0.1) is 5.92 Å². The average molecular weight is 343 g/mol. The van der Waals surface area contributed by atoms with Crippen molar-refractivity contribution in [1.82, 2.24) is 15.2 Å². The third-order valence-corrected chi connectivity index (χ3v) is 4.68. The van der Waals surface area contributed by atoms with E-state index in [-0.39, 0.29) is 24.7 Å². The van der Waals surface area contributed by atoms with E-state index in [1.807, 2.05) is 31.2 Å². The average Bonchev–Trinajstić information content (AvgIpc) is 3.17. The van der Waals surface area contributed by atoms with Crippen molar-refractivity contribution in [1.29, 1.82) is 0 Å². The Kier molecular flexibility index (Phi) is 4.74. The topological polar surface area (TPSA) is 102 Å². The first kappa shape index (κ1) is 17.0. The van der Waals surface area contributed by atoms with E-state index in [1.165, 1.54) is 0 Å². The first-order chi connectivity index (χ1) is 12.0. The summed E-state index contributed by atoms with van der Waals surface area (Å²) in [6, 6.07) is 6.58. The number of nitrogens with one attached hydrogen (secondary N) is 2. The number of rotatable bonds is 6. The Morgan fingerprint density at radius 2 is 2.16 bits per heavy atom. The Hall–Kier alpha value is -2.83. The van der Waals surface area contributed by atoms with Gasteiger partial charge in [0.25, 0.3) is 0 Å². The minimum absolute atomic E-state index is 0.0637. The lowest BCUT2D eigenvalue weighted by Gasteiger charge is -2.17. The van der Waals surface area contributed by atoms with Crippen LogP contribution in [-0.4, -0.2) is 51.9 Å². The SMILES string of the molecule is CCN1CC(C(=O)NC(Cc2c[nH]c3ccccc23)C(=O)O)CC1=O. The molecule has 1 aliphatic rings. The predicted molar refractivity (Wildman–Crippen MR) is 91.9 cm³/mol. The summed E-state index contributed by atoms with van der Waals surface area (Å²) in [7, 11) is 0. The number of aromatic nitrogens is 1. The minimum atomic E-state index is -1.09. The van der Waals surface area contributed by atoms with Gasteiger partial charge in [0.1, 0.15) is 6.04 Å². The lowest BCUT2D eigenvalue weighted by atomic mass is 10.0. The number of carboxylic acid groups (broad SMARTS) is 1. The zero-order valence-corrected chi connectivity index (χ0v) is 14.0. The van der Waals surface area contributed by atoms with Gasteiger partial charge in [-0.05, 0) is 18.6 Å². The number of hydrogen-bond acceptors (Lipinski definition) is 3. The van der Waals surface area contributed by atoms with Gasteiger partial charge >= 0.3 is 5.97 Å². The fourth-order valence-corrected chi connectivity index (χ4v) is 3.26. The Morgan fingerprint density at radius 1 is 1.40 bits per heavy atom. The quantitative estimate of drug-likeness (QED) is 0.732. The van der Waals surface area contributed by atoms with E-state index >= 15 is 0 Å². The van der Waals surface area contributed by atoms with Crippen LogP contribution in [-0.2, 0) is 20.8 Å². The van der Waals surface area contributed by atoms with Gasteiger partial charge in [0.05, 0.1) is 5.92 Å². The molecule has 2 aromatic rings. The summed E-state index contributed by atoms with van der Waals surface area (Å²) < 4.78 is 0. The highest BCUT2D eigenvalue weighted by Gasteiger charge is 2.35. The van der Waals surface area contributed by atoms with Crippen LogP contribution in [0.1, 0.15) is 18.9 Å². The van der Waals surface area contributed by atoms with Crippen molar-refractivity contribution < 1.29 is 19.5 Å². The molecule has 0 radical (unpaired) electrons. The maximum atomic E-state index is 12.4. The molecule has 132 valence electrons. The fraction of sp³-hybridized carbons (Fsp3) is 0.389. The molecular formula is C18H21N3O4. The van der Waals surface area contributed by atoms with Gasteiger partial charge in [-0.15, -0.1) is 0 Å². The molecule has 2 heterocycles. The second kappa shape index (κ2) is 6.96. The molecule has 2 amide bonds. The number of carbonyl (C=O) groups excluding carboxylic acids is 2. The van der Waals surface area contributed by atoms with E-state index in [4.69, 9.17) is 0 Å². The number of hydrogen-bond donors (Lipinski definition) is 3. The molecule has 1 fully saturated rings. The van der Waals surface area contributed by atoms with Gasteiger partial charge in [-0.2, -0.15) is 0 Å². The van der Waals surface area contributed by atoms with Gasteiger partial charge in [0, 0.05) is 43.0 Å². The standard InChI is InChI=1S/C18H21N3O4/c1-2-21-10-12(8-16(21)22)17(23)20-15(18(24)25)7-11-9-19-14-6-4-3-5-13(11)14/h3-6,9,12,15,19H,2,7-8,10H2,1H3,(H,20,23)(H,24,25). The van der Waals surface area contributed by atoms with E-state index in [2.05, 4.69) is 10.3 Å². The molecule has 1 aromatic heterocycles. The molecule has 0 saturated carbocycles. The van der Waals surface area contributed by atoms with Crippen LogP contribution in [0.15, 0.2) is 30.5 Å². The summed E-state index contributed by atoms with van der Waals surface area (Å²) >= 11 is 0. The largest absolute Gasteiger partial charge is 0.480 e. The summed E-state index contributed by atoms with van der Waals surface area (Å²) in [4.78, 5) is 40.5. The predicted octanol–water partition coefficient (Wildman–Crippen LogP) is 1.15. The lowest BCUT2D eigenvalue weighted by molar-refractivity contribution is -0.142. The van der Waals surface area contributed by atoms with Crippen molar-refractivity contribution in [3.63, 3.8) is 0 Å². The van der Waals surface area contributed by atoms with Crippen molar-refractivity contribution in [3.8, 4) is 0 Å². The molecular weight excluding hydrogens is 322 g/mol. The highest BCUT2D eigenvalue weighted by molar-refractivity contribution is 5.92. The van der Waals surface area contributed by atoms with Crippen LogP contribution < -0.4 is 5.32 Å². The molecule has 3 N–H and O–H groups in total. The van der Waals surface area contributed by atoms with Gasteiger partial charge in [-0.1, -0.05) is 18.2 Å². The molecule has 0 bridgehead atoms. The second-order valence-corrected chi connectivity index (χ2v) is 6.30. The van der Waals surface area contributed by atoms with Gasteiger partial charge < -0.3 is 20.3 Å². The van der Waals surface area contributed by atoms with Crippen molar-refractivity contribution in [2.45, 2.75) is 25.8 Å². The Bertz CT molecular complexity index is 814. The molecule has 0 aliphatic carbocycles. The van der Waals surface area contributed by atoms with E-state index in [0.717, 1.165) is 16.5 Å². The summed E-state index contributed by atoms with van der Waals surface area (Å²) in [6.45, 7) is 2.76. The summed E-state index contributed by atoms with van der Waals surface area (Å²) in [5.41, 5.74) is 1.76. The molecule has 3 rings (SSSR count). The van der Waals surface area contributed by atoms with E-state index in [9.17, 15) is 19.5 Å². The molecule has 7 nitrogen and oxygen atoms in total. The number of likely N-dealkylation sites (tertiary alicyclic amines) is 1. The van der Waals surface area contributed by atoms with Crippen LogP contribution >= 0.6 is 0 Å². The number of amides is 2. The number of carboxylic acids is 1. The normalized spacial score (nSPS) is 18.5. The van der Waals surface area contributed by atoms with E-state index in [1.54, 1.807) is 11.1 Å². The molecule has 1 aromatic carbocycles. The van der Waals surface area contributed by atoms with Gasteiger partial charge in [-0.25, -0.2) is 4.79 Å². The molecule has 1 saturated heterocycles. The molecule has 25 heavy (non-hydrogen) atoms. The van der Waals surface area contributed by atoms with Gasteiger partial charge in [-0.3, -0.25) is 9.59 Å². The smallest absolute Gasteiger partial charge is 0.326 e. The second-order valence-electron chi connectivity index (χ2n) is 6.30. The first-order valence-corrected chi connectivity index (χ1v) is 8.35. The van der Waals surface area contributed by atoms with E-state index < -0.39 is 17.9 Å². The highest BCUT2D eigenvalue weighted by Crippen LogP contribution is 2.21. The maximum Gasteiger partial charge on any atom is 0.326 e. The van der Waals surface area contributed by atoms with Crippen molar-refractivity contribution in [2.24, 2.45) is 5.92 Å². The van der Waals surface area contributed by atoms with Gasteiger partial charge in [0.2, 0.25) is 11.8 Å². The molecule has 1 aliphatic heterocycles. The first-order valence-electron chi connectivity index (χ1n) is 8.35. The summed E-state index contributed by atoms with van der Waals surface area (Å²) in [5.74, 6) is -2.02. The van der Waals surface area contributed by atoms with Crippen molar-refractivity contribution in [3.05, 3.63) is 36.0 Å². The van der Waals surface area contributed by atoms with Crippen LogP contribution in [0.4, 0.5) is 0 Å². The summed E-state index contributed by atoms with van der Waals surface area (Å²) in [6.07, 6.45) is 2.09. The molecule has 2 unspecified atom stereocenters. The molecule has 0 spiro atoms. The van der Waals surface area contributed by atoms with Crippen LogP contribution in [0.5, 0.6) is 0 Å². The molecule has 7 heteroatoms. The van der Waals surface area contributed by atoms with Crippen LogP contribution in [0.2, 0.25) is 0 Å². The Morgan fingerprint density at radius 3 is 2.84 bits per heavy atom. The van der Waals surface area contributed by atoms with Crippen molar-refractivity contribution in [2.75, 3.05) is 13.1 Å². The number of nitrogens with zero attached hydrogens (tertiary/aromatic N) is 1. The number of para-hydroxylation sites is 1. The number of carbonyl (C=O) groups is 3. The maximum absolute atomic E-state index is 12.4. The minimum Gasteiger partial charge on any atom is -0.480 e. The summed E-state index contributed by atoms with van der Waals surface area (Å²) in [5, 5.41) is 13.0. The number of aliphatic carboxylic acids is 1. The third kappa shape index (κ3) is 3.50. The van der Waals surface area contributed by atoms with Crippen LogP contribution in [0.3, 0.4) is 0 Å². The zero-order chi connectivity index (χ0) is 18.0.